The molecule has 3 aliphatic rings. The van der Waals surface area contributed by atoms with Crippen LogP contribution in [0.3, 0.4) is 0 Å². The average molecular weight is 486 g/mol. The SMILES string of the molecule is CC1(C)Cc2nc(C3CCOCC3)c(C=O)c(C3=CCOCC3)c2C(O[Si](C)(C)C(C)(C)C)C1. The van der Waals surface area contributed by atoms with E-state index in [2.05, 4.69) is 53.8 Å². The topological polar surface area (TPSA) is 57.7 Å². The summed E-state index contributed by atoms with van der Waals surface area (Å²) in [6.07, 6.45) is 7.69. The summed E-state index contributed by atoms with van der Waals surface area (Å²) >= 11 is 0. The highest BCUT2D eigenvalue weighted by Crippen LogP contribution is 2.50. The number of pyridine rings is 1. The Hall–Kier alpha value is -1.34. The molecule has 34 heavy (non-hydrogen) atoms. The Balaban J connectivity index is 1.94. The van der Waals surface area contributed by atoms with Crippen LogP contribution in [0.2, 0.25) is 18.1 Å². The molecule has 1 aromatic rings. The van der Waals surface area contributed by atoms with Gasteiger partial charge >= 0.3 is 0 Å². The summed E-state index contributed by atoms with van der Waals surface area (Å²) in [6.45, 7) is 18.9. The molecule has 188 valence electrons. The zero-order valence-electron chi connectivity index (χ0n) is 22.3. The number of hydrogen-bond acceptors (Lipinski definition) is 5. The van der Waals surface area contributed by atoms with Gasteiger partial charge in [0.05, 0.1) is 25.0 Å². The van der Waals surface area contributed by atoms with Crippen molar-refractivity contribution in [2.75, 3.05) is 26.4 Å². The van der Waals surface area contributed by atoms with E-state index in [0.717, 1.165) is 74.1 Å². The summed E-state index contributed by atoms with van der Waals surface area (Å²) in [5.41, 5.74) is 6.48. The maximum Gasteiger partial charge on any atom is 0.192 e. The van der Waals surface area contributed by atoms with E-state index in [1.165, 1.54) is 11.1 Å². The summed E-state index contributed by atoms with van der Waals surface area (Å²) in [7, 11) is -2.05. The third-order valence-electron chi connectivity index (χ3n) is 8.34. The van der Waals surface area contributed by atoms with Gasteiger partial charge in [-0.25, -0.2) is 0 Å². The Labute approximate surface area is 206 Å². The summed E-state index contributed by atoms with van der Waals surface area (Å²) in [5.74, 6) is 0.267. The smallest absolute Gasteiger partial charge is 0.192 e. The van der Waals surface area contributed by atoms with Gasteiger partial charge in [0.25, 0.3) is 0 Å². The molecule has 1 unspecified atom stereocenters. The molecule has 5 nitrogen and oxygen atoms in total. The highest BCUT2D eigenvalue weighted by atomic mass is 28.4. The molecular formula is C28H43NO4Si. The molecular weight excluding hydrogens is 442 g/mol. The van der Waals surface area contributed by atoms with Gasteiger partial charge < -0.3 is 13.9 Å². The molecule has 4 rings (SSSR count). The van der Waals surface area contributed by atoms with Crippen molar-refractivity contribution in [1.29, 1.82) is 0 Å². The zero-order valence-corrected chi connectivity index (χ0v) is 23.3. The van der Waals surface area contributed by atoms with Gasteiger partial charge in [0.2, 0.25) is 0 Å². The van der Waals surface area contributed by atoms with E-state index in [9.17, 15) is 4.79 Å². The quantitative estimate of drug-likeness (QED) is 0.346. The lowest BCUT2D eigenvalue weighted by Crippen LogP contribution is -2.44. The summed E-state index contributed by atoms with van der Waals surface area (Å²) in [4.78, 5) is 18.0. The second-order valence-electron chi connectivity index (χ2n) is 12.6. The molecule has 1 saturated heterocycles. The van der Waals surface area contributed by atoms with Crippen molar-refractivity contribution in [2.45, 2.75) is 96.9 Å². The molecule has 6 heteroatoms. The van der Waals surface area contributed by atoms with Crippen LogP contribution >= 0.6 is 0 Å². The first kappa shape index (κ1) is 25.7. The fourth-order valence-electron chi connectivity index (χ4n) is 5.43. The fourth-order valence-corrected chi connectivity index (χ4v) is 6.69. The van der Waals surface area contributed by atoms with Crippen LogP contribution in [-0.2, 0) is 20.3 Å². The molecule has 1 aromatic heterocycles. The van der Waals surface area contributed by atoms with E-state index in [4.69, 9.17) is 18.9 Å². The summed E-state index contributed by atoms with van der Waals surface area (Å²) in [5, 5.41) is 0.107. The normalized spacial score (nSPS) is 23.9. The van der Waals surface area contributed by atoms with Crippen molar-refractivity contribution in [2.24, 2.45) is 5.41 Å². The number of hydrogen-bond donors (Lipinski definition) is 0. The molecule has 2 aliphatic heterocycles. The average Bonchev–Trinajstić information content (AvgIpc) is 2.77. The number of nitrogens with zero attached hydrogens (tertiary/aromatic N) is 1. The number of fused-ring (bicyclic) bond motifs is 1. The Morgan fingerprint density at radius 3 is 2.44 bits per heavy atom. The summed E-state index contributed by atoms with van der Waals surface area (Å²) in [6, 6.07) is 0. The van der Waals surface area contributed by atoms with Crippen LogP contribution in [0.15, 0.2) is 6.08 Å². The first-order chi connectivity index (χ1) is 15.9. The lowest BCUT2D eigenvalue weighted by Gasteiger charge is -2.45. The van der Waals surface area contributed by atoms with Crippen molar-refractivity contribution in [3.63, 3.8) is 0 Å². The Morgan fingerprint density at radius 2 is 1.85 bits per heavy atom. The van der Waals surface area contributed by atoms with E-state index in [-0.39, 0.29) is 22.5 Å². The largest absolute Gasteiger partial charge is 0.410 e. The second kappa shape index (κ2) is 9.60. The maximum absolute atomic E-state index is 12.7. The lowest BCUT2D eigenvalue weighted by molar-refractivity contribution is 0.0833. The number of ether oxygens (including phenoxy) is 2. The number of carbonyl (C=O) groups is 1. The second-order valence-corrected chi connectivity index (χ2v) is 17.4. The van der Waals surface area contributed by atoms with Crippen LogP contribution in [-0.4, -0.2) is 46.0 Å². The van der Waals surface area contributed by atoms with Crippen molar-refractivity contribution >= 4 is 20.2 Å². The van der Waals surface area contributed by atoms with Gasteiger partial charge in [-0.15, -0.1) is 0 Å². The maximum atomic E-state index is 12.7. The third-order valence-corrected chi connectivity index (χ3v) is 12.8. The minimum atomic E-state index is -2.05. The summed E-state index contributed by atoms with van der Waals surface area (Å²) < 4.78 is 18.4. The Morgan fingerprint density at radius 1 is 1.15 bits per heavy atom. The van der Waals surface area contributed by atoms with Crippen molar-refractivity contribution in [3.05, 3.63) is 34.2 Å². The van der Waals surface area contributed by atoms with Crippen molar-refractivity contribution in [1.82, 2.24) is 4.98 Å². The van der Waals surface area contributed by atoms with E-state index in [1.807, 2.05) is 0 Å². The third kappa shape index (κ3) is 5.11. The van der Waals surface area contributed by atoms with Crippen LogP contribution < -0.4 is 0 Å². The van der Waals surface area contributed by atoms with Gasteiger partial charge in [-0.05, 0) is 66.8 Å². The number of aromatic nitrogens is 1. The van der Waals surface area contributed by atoms with Crippen LogP contribution in [0.5, 0.6) is 0 Å². The predicted molar refractivity (Wildman–Crippen MR) is 139 cm³/mol. The van der Waals surface area contributed by atoms with Gasteiger partial charge in [-0.1, -0.05) is 40.7 Å². The number of rotatable bonds is 5. The molecule has 0 spiro atoms. The molecule has 1 fully saturated rings. The van der Waals surface area contributed by atoms with Crippen LogP contribution in [0.4, 0.5) is 0 Å². The standard InChI is InChI=1S/C28H43NO4Si/c1-27(2,3)34(6,7)33-23-17-28(4,5)16-22-25(23)24(19-8-12-31-13-9-19)21(18-30)26(29-22)20-10-14-32-15-11-20/h8,18,20,23H,9-17H2,1-7H3. The first-order valence-corrected chi connectivity index (χ1v) is 15.9. The van der Waals surface area contributed by atoms with Crippen LogP contribution in [0.25, 0.3) is 5.57 Å². The highest BCUT2D eigenvalue weighted by Gasteiger charge is 2.45. The van der Waals surface area contributed by atoms with Crippen LogP contribution in [0.1, 0.15) is 105 Å². The highest BCUT2D eigenvalue weighted by molar-refractivity contribution is 6.74. The zero-order chi connectivity index (χ0) is 24.7. The van der Waals surface area contributed by atoms with Gasteiger partial charge in [0.1, 0.15) is 0 Å². The predicted octanol–water partition coefficient (Wildman–Crippen LogP) is 6.63. The molecule has 1 aliphatic carbocycles. The van der Waals surface area contributed by atoms with Gasteiger partial charge in [-0.3, -0.25) is 9.78 Å². The van der Waals surface area contributed by atoms with E-state index < -0.39 is 8.32 Å². The molecule has 3 heterocycles. The van der Waals surface area contributed by atoms with E-state index in [0.29, 0.717) is 13.2 Å². The van der Waals surface area contributed by atoms with Crippen molar-refractivity contribution in [3.8, 4) is 0 Å². The lowest BCUT2D eigenvalue weighted by atomic mass is 9.71. The molecule has 0 N–H and O–H groups in total. The van der Waals surface area contributed by atoms with Crippen LogP contribution in [0, 0.1) is 5.41 Å². The van der Waals surface area contributed by atoms with E-state index in [1.54, 1.807) is 0 Å². The first-order valence-electron chi connectivity index (χ1n) is 13.0. The molecule has 1 atom stereocenters. The van der Waals surface area contributed by atoms with Gasteiger partial charge in [-0.2, -0.15) is 0 Å². The van der Waals surface area contributed by atoms with Crippen molar-refractivity contribution < 1.29 is 18.7 Å². The van der Waals surface area contributed by atoms with E-state index >= 15 is 0 Å². The molecule has 0 bridgehead atoms. The monoisotopic (exact) mass is 485 g/mol. The minimum Gasteiger partial charge on any atom is -0.410 e. The molecule has 0 amide bonds. The molecule has 0 radical (unpaired) electrons. The van der Waals surface area contributed by atoms with Gasteiger partial charge in [0.15, 0.2) is 14.6 Å². The number of aldehydes is 1. The number of carbonyl (C=O) groups excluding carboxylic acids is 1. The Kier molecular flexibility index (Phi) is 7.27. The fraction of sp³-hybridized carbons (Fsp3) is 0.714. The van der Waals surface area contributed by atoms with Gasteiger partial charge in [0, 0.05) is 36.0 Å². The Bertz CT molecular complexity index is 954. The molecule has 0 aromatic carbocycles. The minimum absolute atomic E-state index is 0.0478. The molecule has 0 saturated carbocycles.